The van der Waals surface area contributed by atoms with Crippen LogP contribution >= 0.6 is 7.60 Å². The van der Waals surface area contributed by atoms with E-state index in [0.29, 0.717) is 0 Å². The summed E-state index contributed by atoms with van der Waals surface area (Å²) in [7, 11) is -3.51. The topological polar surface area (TPSA) is 52.6 Å². The van der Waals surface area contributed by atoms with E-state index in [1.165, 1.54) is 24.3 Å². The number of benzene rings is 1. The molecule has 0 unspecified atom stereocenters. The van der Waals surface area contributed by atoms with Crippen molar-refractivity contribution in [2.45, 2.75) is 39.9 Å². The minimum atomic E-state index is -3.51. The molecule has 0 atom stereocenters. The van der Waals surface area contributed by atoms with Gasteiger partial charge < -0.3 is 9.05 Å². The lowest BCUT2D eigenvalue weighted by atomic mass is 10.1. The molecule has 0 saturated heterocycles. The van der Waals surface area contributed by atoms with E-state index in [1.54, 1.807) is 27.7 Å². The van der Waals surface area contributed by atoms with Crippen LogP contribution in [0.5, 0.6) is 0 Å². The van der Waals surface area contributed by atoms with E-state index in [0.717, 1.165) is 0 Å². The van der Waals surface area contributed by atoms with E-state index >= 15 is 0 Å². The van der Waals surface area contributed by atoms with Crippen LogP contribution in [0.15, 0.2) is 24.3 Å². The average molecular weight is 302 g/mol. The Hall–Kier alpha value is -1.03. The summed E-state index contributed by atoms with van der Waals surface area (Å²) in [5, 5.41) is 0. The first-order chi connectivity index (χ1) is 9.22. The van der Waals surface area contributed by atoms with E-state index in [-0.39, 0.29) is 23.9 Å². The Kier molecular flexibility index (Phi) is 6.06. The molecule has 0 aliphatic carbocycles. The Morgan fingerprint density at radius 1 is 1.10 bits per heavy atom. The maximum atomic E-state index is 12.8. The molecule has 6 heteroatoms. The second-order valence-electron chi connectivity index (χ2n) is 5.01. The van der Waals surface area contributed by atoms with Crippen molar-refractivity contribution in [3.63, 3.8) is 0 Å². The van der Waals surface area contributed by atoms with E-state index in [2.05, 4.69) is 0 Å². The first kappa shape index (κ1) is 17.0. The smallest absolute Gasteiger partial charge is 0.305 e. The molecule has 0 fully saturated rings. The number of halogens is 1. The number of carbonyl (C=O) groups excluding carboxylic acids is 1. The molecular formula is C14H20FO4P. The molecule has 0 saturated carbocycles. The molecule has 20 heavy (non-hydrogen) atoms. The second-order valence-corrected chi connectivity index (χ2v) is 6.97. The van der Waals surface area contributed by atoms with Gasteiger partial charge in [0.1, 0.15) is 12.0 Å². The average Bonchev–Trinajstić information content (AvgIpc) is 2.26. The highest BCUT2D eigenvalue weighted by atomic mass is 31.2. The fraction of sp³-hybridized carbons (Fsp3) is 0.500. The summed E-state index contributed by atoms with van der Waals surface area (Å²) in [6.07, 6.45) is -0.990. The van der Waals surface area contributed by atoms with Gasteiger partial charge in [-0.15, -0.1) is 0 Å². The van der Waals surface area contributed by atoms with Crippen LogP contribution in [0.2, 0.25) is 0 Å². The van der Waals surface area contributed by atoms with Crippen molar-refractivity contribution in [3.8, 4) is 0 Å². The summed E-state index contributed by atoms with van der Waals surface area (Å²) in [6, 6.07) is 5.08. The normalized spacial score (nSPS) is 12.2. The van der Waals surface area contributed by atoms with Crippen LogP contribution in [0.4, 0.5) is 4.39 Å². The predicted octanol–water partition coefficient (Wildman–Crippen LogP) is 4.05. The molecule has 0 aromatic heterocycles. The van der Waals surface area contributed by atoms with E-state index in [4.69, 9.17) is 9.05 Å². The summed E-state index contributed by atoms with van der Waals surface area (Å²) >= 11 is 0. The van der Waals surface area contributed by atoms with Crippen LogP contribution < -0.4 is 0 Å². The molecule has 112 valence electrons. The highest BCUT2D eigenvalue weighted by molar-refractivity contribution is 7.55. The van der Waals surface area contributed by atoms with Gasteiger partial charge in [-0.3, -0.25) is 9.36 Å². The van der Waals surface area contributed by atoms with Crippen LogP contribution in [0.25, 0.3) is 0 Å². The van der Waals surface area contributed by atoms with Crippen molar-refractivity contribution in [1.29, 1.82) is 0 Å². The maximum Gasteiger partial charge on any atom is 0.338 e. The third kappa shape index (κ3) is 5.53. The summed E-state index contributed by atoms with van der Waals surface area (Å²) in [6.45, 7) is 6.88. The summed E-state index contributed by atoms with van der Waals surface area (Å²) < 4.78 is 36.0. The maximum absolute atomic E-state index is 12.8. The van der Waals surface area contributed by atoms with Gasteiger partial charge in [0.2, 0.25) is 0 Å². The minimum Gasteiger partial charge on any atom is -0.305 e. The van der Waals surface area contributed by atoms with Gasteiger partial charge in [0, 0.05) is 5.56 Å². The van der Waals surface area contributed by atoms with Gasteiger partial charge in [-0.05, 0) is 52.0 Å². The van der Waals surface area contributed by atoms with Crippen LogP contribution in [-0.4, -0.2) is 24.2 Å². The largest absolute Gasteiger partial charge is 0.338 e. The number of carbonyl (C=O) groups is 1. The minimum absolute atomic E-state index is 0.284. The Balaban J connectivity index is 2.86. The Morgan fingerprint density at radius 3 is 1.95 bits per heavy atom. The number of hydrogen-bond donors (Lipinski definition) is 0. The Bertz CT molecular complexity index is 482. The van der Waals surface area contributed by atoms with Gasteiger partial charge in [-0.2, -0.15) is 0 Å². The van der Waals surface area contributed by atoms with Gasteiger partial charge in [0.15, 0.2) is 5.78 Å². The van der Waals surface area contributed by atoms with Crippen LogP contribution in [-0.2, 0) is 13.6 Å². The fourth-order valence-corrected chi connectivity index (χ4v) is 3.66. The summed E-state index contributed by atoms with van der Waals surface area (Å²) in [4.78, 5) is 12.1. The van der Waals surface area contributed by atoms with Gasteiger partial charge in [-0.1, -0.05) is 0 Å². The van der Waals surface area contributed by atoms with Gasteiger partial charge in [0.25, 0.3) is 0 Å². The van der Waals surface area contributed by atoms with Crippen molar-refractivity contribution >= 4 is 13.4 Å². The summed E-state index contributed by atoms with van der Waals surface area (Å²) in [5.41, 5.74) is 0.284. The number of ketones is 1. The first-order valence-electron chi connectivity index (χ1n) is 6.46. The SMILES string of the molecule is CC(C)OP(=O)(CC(=O)c1ccc(F)cc1)OC(C)C. The Morgan fingerprint density at radius 2 is 1.55 bits per heavy atom. The van der Waals surface area contributed by atoms with Gasteiger partial charge in [-0.25, -0.2) is 4.39 Å². The summed E-state index contributed by atoms with van der Waals surface area (Å²) in [5.74, 6) is -0.823. The molecule has 1 aromatic rings. The molecule has 4 nitrogen and oxygen atoms in total. The van der Waals surface area contributed by atoms with E-state index in [9.17, 15) is 13.8 Å². The standard InChI is InChI=1S/C14H20FO4P/c1-10(2)18-20(17,19-11(3)4)9-14(16)12-5-7-13(15)8-6-12/h5-8,10-11H,9H2,1-4H3. The predicted molar refractivity (Wildman–Crippen MR) is 75.6 cm³/mol. The van der Waals surface area contributed by atoms with Crippen LogP contribution in [0, 0.1) is 5.82 Å². The zero-order valence-electron chi connectivity index (χ0n) is 12.1. The highest BCUT2D eigenvalue weighted by Gasteiger charge is 2.31. The monoisotopic (exact) mass is 302 g/mol. The molecule has 0 spiro atoms. The molecule has 0 radical (unpaired) electrons. The number of rotatable bonds is 7. The quantitative estimate of drug-likeness (QED) is 0.563. The van der Waals surface area contributed by atoms with Crippen molar-refractivity contribution in [3.05, 3.63) is 35.6 Å². The molecular weight excluding hydrogens is 282 g/mol. The molecule has 0 heterocycles. The number of Topliss-reactive ketones (excluding diaryl/α,β-unsaturated/α-hetero) is 1. The van der Waals surface area contributed by atoms with Crippen molar-refractivity contribution in [2.75, 3.05) is 6.16 Å². The van der Waals surface area contributed by atoms with Crippen molar-refractivity contribution < 1.29 is 22.8 Å². The fourth-order valence-electron chi connectivity index (χ4n) is 1.64. The van der Waals surface area contributed by atoms with Gasteiger partial charge in [0.05, 0.1) is 12.2 Å². The third-order valence-electron chi connectivity index (χ3n) is 2.25. The lowest BCUT2D eigenvalue weighted by molar-refractivity contribution is 0.0988. The molecule has 0 N–H and O–H groups in total. The zero-order valence-corrected chi connectivity index (χ0v) is 13.0. The van der Waals surface area contributed by atoms with Crippen LogP contribution in [0.3, 0.4) is 0 Å². The van der Waals surface area contributed by atoms with Crippen molar-refractivity contribution in [2.24, 2.45) is 0 Å². The number of hydrogen-bond acceptors (Lipinski definition) is 4. The van der Waals surface area contributed by atoms with Crippen molar-refractivity contribution in [1.82, 2.24) is 0 Å². The second kappa shape index (κ2) is 7.11. The molecule has 1 aromatic carbocycles. The third-order valence-corrected chi connectivity index (χ3v) is 4.41. The molecule has 0 aliphatic rings. The molecule has 0 aliphatic heterocycles. The highest BCUT2D eigenvalue weighted by Crippen LogP contribution is 2.50. The lowest BCUT2D eigenvalue weighted by Gasteiger charge is -2.22. The first-order valence-corrected chi connectivity index (χ1v) is 8.19. The molecule has 0 amide bonds. The zero-order chi connectivity index (χ0) is 15.3. The lowest BCUT2D eigenvalue weighted by Crippen LogP contribution is -2.15. The molecule has 0 bridgehead atoms. The molecule has 1 rings (SSSR count). The van der Waals surface area contributed by atoms with E-state index in [1.807, 2.05) is 0 Å². The van der Waals surface area contributed by atoms with E-state index < -0.39 is 19.2 Å². The van der Waals surface area contributed by atoms with Crippen LogP contribution in [0.1, 0.15) is 38.1 Å². The Labute approximate surface area is 118 Å². The van der Waals surface area contributed by atoms with Gasteiger partial charge >= 0.3 is 7.60 Å².